The summed E-state index contributed by atoms with van der Waals surface area (Å²) >= 11 is 0. The summed E-state index contributed by atoms with van der Waals surface area (Å²) in [6, 6.07) is 7.92. The number of amides is 1. The van der Waals surface area contributed by atoms with Gasteiger partial charge in [0.15, 0.2) is 5.69 Å². The van der Waals surface area contributed by atoms with E-state index in [0.717, 1.165) is 43.3 Å². The summed E-state index contributed by atoms with van der Waals surface area (Å²) in [5, 5.41) is 5.41. The first-order chi connectivity index (χ1) is 11.1. The maximum atomic E-state index is 12.9. The minimum Gasteiger partial charge on any atom is -0.381 e. The number of fused-ring (bicyclic) bond motifs is 1. The van der Waals surface area contributed by atoms with Gasteiger partial charge in [-0.1, -0.05) is 18.2 Å². The molecule has 1 aliphatic carbocycles. The zero-order valence-corrected chi connectivity index (χ0v) is 13.8. The molecule has 5 heteroatoms. The van der Waals surface area contributed by atoms with Gasteiger partial charge in [-0.2, -0.15) is 5.10 Å². The first-order valence-corrected chi connectivity index (χ1v) is 8.38. The topological polar surface area (TPSA) is 47.4 Å². The van der Waals surface area contributed by atoms with Crippen LogP contribution in [0.5, 0.6) is 0 Å². The molecule has 0 radical (unpaired) electrons. The number of carbonyl (C=O) groups is 1. The van der Waals surface area contributed by atoms with Gasteiger partial charge in [-0.05, 0) is 31.7 Å². The Morgan fingerprint density at radius 2 is 2.00 bits per heavy atom. The van der Waals surface area contributed by atoms with E-state index in [1.807, 2.05) is 43.3 Å². The molecule has 4 rings (SSSR count). The molecule has 1 saturated carbocycles. The quantitative estimate of drug-likeness (QED) is 0.856. The number of benzene rings is 1. The maximum absolute atomic E-state index is 12.9. The van der Waals surface area contributed by atoms with Crippen LogP contribution in [0.25, 0.3) is 10.9 Å². The molecule has 1 aliphatic heterocycles. The number of hydrogen-bond acceptors (Lipinski definition) is 3. The van der Waals surface area contributed by atoms with Crippen molar-refractivity contribution < 1.29 is 9.53 Å². The summed E-state index contributed by atoms with van der Waals surface area (Å²) in [4.78, 5) is 14.9. The molecule has 2 fully saturated rings. The molecular formula is C18H23N3O2. The van der Waals surface area contributed by atoms with Gasteiger partial charge in [0.05, 0.1) is 11.6 Å². The van der Waals surface area contributed by atoms with Crippen LogP contribution in [0.1, 0.15) is 36.2 Å². The molecular weight excluding hydrogens is 290 g/mol. The third-order valence-electron chi connectivity index (χ3n) is 5.88. The Morgan fingerprint density at radius 3 is 2.65 bits per heavy atom. The van der Waals surface area contributed by atoms with E-state index in [0.29, 0.717) is 17.2 Å². The number of methoxy groups -OCH3 is 1. The fourth-order valence-electron chi connectivity index (χ4n) is 4.29. The number of hydrogen-bond donors (Lipinski definition) is 0. The number of ether oxygens (including phenoxy) is 1. The molecule has 1 unspecified atom stereocenters. The van der Waals surface area contributed by atoms with Gasteiger partial charge in [-0.25, -0.2) is 0 Å². The van der Waals surface area contributed by atoms with Gasteiger partial charge in [0.2, 0.25) is 0 Å². The molecule has 5 nitrogen and oxygen atoms in total. The Bertz CT molecular complexity index is 742. The van der Waals surface area contributed by atoms with Gasteiger partial charge in [-0.15, -0.1) is 0 Å². The minimum absolute atomic E-state index is 0.0601. The van der Waals surface area contributed by atoms with E-state index in [1.54, 1.807) is 4.68 Å². The fraction of sp³-hybridized carbons (Fsp3) is 0.556. The number of aromatic nitrogens is 2. The molecule has 0 N–H and O–H groups in total. The molecule has 2 aliphatic rings. The molecule has 1 aromatic carbocycles. The Kier molecular flexibility index (Phi) is 3.41. The van der Waals surface area contributed by atoms with Crippen molar-refractivity contribution >= 4 is 16.8 Å². The average Bonchev–Trinajstić information content (AvgIpc) is 2.91. The van der Waals surface area contributed by atoms with Crippen LogP contribution in [0.3, 0.4) is 0 Å². The van der Waals surface area contributed by atoms with Crippen molar-refractivity contribution in [3.8, 4) is 0 Å². The normalized spacial score (nSPS) is 23.2. The van der Waals surface area contributed by atoms with Crippen LogP contribution < -0.4 is 0 Å². The standard InChI is InChI=1S/C18H23N3O2/c1-20-14-6-4-3-5-13(14)16(19-20)17(22)21-11-9-18(10-12-21)8-7-15(18)23-2/h3-6,15H,7-12H2,1-2H3. The van der Waals surface area contributed by atoms with Gasteiger partial charge < -0.3 is 9.64 Å². The van der Waals surface area contributed by atoms with Gasteiger partial charge in [0.25, 0.3) is 5.91 Å². The Morgan fingerprint density at radius 1 is 1.26 bits per heavy atom. The molecule has 1 amide bonds. The van der Waals surface area contributed by atoms with Crippen molar-refractivity contribution in [2.75, 3.05) is 20.2 Å². The van der Waals surface area contributed by atoms with Gasteiger partial charge in [0, 0.05) is 38.0 Å². The first-order valence-electron chi connectivity index (χ1n) is 8.38. The molecule has 2 heterocycles. The van der Waals surface area contributed by atoms with Crippen LogP contribution in [0.15, 0.2) is 24.3 Å². The average molecular weight is 313 g/mol. The number of carbonyl (C=O) groups excluding carboxylic acids is 1. The third-order valence-corrected chi connectivity index (χ3v) is 5.88. The van der Waals surface area contributed by atoms with E-state index in [-0.39, 0.29) is 5.91 Å². The lowest BCUT2D eigenvalue weighted by molar-refractivity contribution is -0.116. The molecule has 122 valence electrons. The maximum Gasteiger partial charge on any atom is 0.275 e. The predicted molar refractivity (Wildman–Crippen MR) is 88.3 cm³/mol. The van der Waals surface area contributed by atoms with Crippen molar-refractivity contribution in [2.45, 2.75) is 31.8 Å². The Balaban J connectivity index is 1.54. The fourth-order valence-corrected chi connectivity index (χ4v) is 4.29. The van der Waals surface area contributed by atoms with Crippen LogP contribution >= 0.6 is 0 Å². The second-order valence-corrected chi connectivity index (χ2v) is 6.91. The molecule has 1 saturated heterocycles. The smallest absolute Gasteiger partial charge is 0.275 e. The number of para-hydroxylation sites is 1. The van der Waals surface area contributed by atoms with E-state index in [2.05, 4.69) is 5.10 Å². The van der Waals surface area contributed by atoms with Crippen LogP contribution in [-0.2, 0) is 11.8 Å². The molecule has 1 aromatic heterocycles. The number of piperidine rings is 1. The number of nitrogens with zero attached hydrogens (tertiary/aromatic N) is 3. The van der Waals surface area contributed by atoms with Crippen LogP contribution in [0.2, 0.25) is 0 Å². The van der Waals surface area contributed by atoms with Crippen molar-refractivity contribution in [2.24, 2.45) is 12.5 Å². The van der Waals surface area contributed by atoms with Crippen molar-refractivity contribution in [1.29, 1.82) is 0 Å². The third kappa shape index (κ3) is 2.17. The highest BCUT2D eigenvalue weighted by Crippen LogP contribution is 2.50. The number of rotatable bonds is 2. The lowest BCUT2D eigenvalue weighted by Crippen LogP contribution is -2.54. The molecule has 1 atom stereocenters. The summed E-state index contributed by atoms with van der Waals surface area (Å²) in [6.07, 6.45) is 4.87. The van der Waals surface area contributed by atoms with Crippen LogP contribution in [-0.4, -0.2) is 46.9 Å². The second-order valence-electron chi connectivity index (χ2n) is 6.91. The van der Waals surface area contributed by atoms with E-state index < -0.39 is 0 Å². The van der Waals surface area contributed by atoms with E-state index in [4.69, 9.17) is 4.74 Å². The molecule has 1 spiro atoms. The lowest BCUT2D eigenvalue weighted by Gasteiger charge is -2.53. The molecule has 2 aromatic rings. The van der Waals surface area contributed by atoms with Gasteiger partial charge in [-0.3, -0.25) is 9.48 Å². The highest BCUT2D eigenvalue weighted by Gasteiger charge is 2.49. The summed E-state index contributed by atoms with van der Waals surface area (Å²) in [5.74, 6) is 0.0601. The van der Waals surface area contributed by atoms with E-state index >= 15 is 0 Å². The van der Waals surface area contributed by atoms with Gasteiger partial charge in [0.1, 0.15) is 0 Å². The largest absolute Gasteiger partial charge is 0.381 e. The summed E-state index contributed by atoms with van der Waals surface area (Å²) in [5.41, 5.74) is 1.90. The minimum atomic E-state index is 0.0601. The lowest BCUT2D eigenvalue weighted by atomic mass is 9.61. The SMILES string of the molecule is COC1CCC12CCN(C(=O)c1nn(C)c3ccccc13)CC2. The zero-order chi connectivity index (χ0) is 16.0. The van der Waals surface area contributed by atoms with Crippen molar-refractivity contribution in [1.82, 2.24) is 14.7 Å². The molecule has 0 bridgehead atoms. The summed E-state index contributed by atoms with van der Waals surface area (Å²) in [7, 11) is 3.70. The van der Waals surface area contributed by atoms with E-state index in [1.165, 1.54) is 6.42 Å². The van der Waals surface area contributed by atoms with Gasteiger partial charge >= 0.3 is 0 Å². The zero-order valence-electron chi connectivity index (χ0n) is 13.8. The van der Waals surface area contributed by atoms with Crippen LogP contribution in [0.4, 0.5) is 0 Å². The van der Waals surface area contributed by atoms with Crippen molar-refractivity contribution in [3.05, 3.63) is 30.0 Å². The Labute approximate surface area is 136 Å². The monoisotopic (exact) mass is 313 g/mol. The number of aryl methyl sites for hydroxylation is 1. The summed E-state index contributed by atoms with van der Waals surface area (Å²) < 4.78 is 7.39. The predicted octanol–water partition coefficient (Wildman–Crippen LogP) is 2.60. The second kappa shape index (κ2) is 5.34. The highest BCUT2D eigenvalue weighted by molar-refractivity contribution is 6.04. The molecule has 23 heavy (non-hydrogen) atoms. The number of likely N-dealkylation sites (tertiary alicyclic amines) is 1. The summed E-state index contributed by atoms with van der Waals surface area (Å²) in [6.45, 7) is 1.62. The Hall–Kier alpha value is -1.88. The van der Waals surface area contributed by atoms with E-state index in [9.17, 15) is 4.79 Å². The van der Waals surface area contributed by atoms with Crippen LogP contribution in [0, 0.1) is 5.41 Å². The highest BCUT2D eigenvalue weighted by atomic mass is 16.5. The van der Waals surface area contributed by atoms with Crippen molar-refractivity contribution in [3.63, 3.8) is 0 Å². The first kappa shape index (κ1) is 14.7.